The Morgan fingerprint density at radius 3 is 1.17 bits per heavy atom. The molecule has 1 amide bonds. The summed E-state index contributed by atoms with van der Waals surface area (Å²) in [6.07, 6.45) is 87.7. The predicted octanol–water partition coefficient (Wildman–Crippen LogP) is 21.8. The lowest BCUT2D eigenvalue weighted by Crippen LogP contribution is -2.47. The summed E-state index contributed by atoms with van der Waals surface area (Å²) < 4.78 is 30.8. The van der Waals surface area contributed by atoms with Crippen molar-refractivity contribution in [2.75, 3.05) is 40.9 Å². The molecule has 84 heavy (non-hydrogen) atoms. The van der Waals surface area contributed by atoms with Gasteiger partial charge < -0.3 is 19.4 Å². The molecule has 3 atom stereocenters. The number of esters is 1. The number of quaternary nitrogens is 1. The average molecular weight is 1190 g/mol. The maximum Gasteiger partial charge on any atom is 0.472 e. The van der Waals surface area contributed by atoms with E-state index in [1.165, 1.54) is 103 Å². The van der Waals surface area contributed by atoms with Gasteiger partial charge in [-0.05, 0) is 122 Å². The largest absolute Gasteiger partial charge is 0.472 e. The standard InChI is InChI=1S/C74H129N2O7P/c1-7-10-13-16-19-22-25-28-30-32-34-35-36-37-38-39-40-41-43-45-47-49-52-55-58-61-64-67-74(78)83-72(65-62-59-56-53-50-27-24-21-18-15-12-9-3)71(70-82-84(79,80)81-69-68-76(4,5)6)75-73(77)66-63-60-57-54-51-48-46-44-42-33-31-29-26-23-20-17-14-11-8-2/h10,13,19-20,22-23,28-31,34-35,37-38,40-42,44,62,65,71-72H,7-9,11-12,14-18,21,24-27,32-33,36,39,43,45-61,63-64,66-70H2,1-6H3,(H-,75,77,79,80)/p+1/b13-10-,22-19-,23-20-,30-28-,31-29-,35-34-,38-37-,41-40-,44-42-,65-62-. The number of carbonyl (C=O) groups excluding carboxylic acids is 2. The number of nitrogens with one attached hydrogen (secondary N) is 1. The topological polar surface area (TPSA) is 111 Å². The van der Waals surface area contributed by atoms with Crippen LogP contribution in [-0.4, -0.2) is 74.3 Å². The van der Waals surface area contributed by atoms with Crippen molar-refractivity contribution >= 4 is 19.7 Å². The number of unbranched alkanes of at least 4 members (excludes halogenated alkanes) is 27. The number of carbonyl (C=O) groups is 2. The molecule has 0 saturated carbocycles. The van der Waals surface area contributed by atoms with E-state index in [2.05, 4.69) is 135 Å². The van der Waals surface area contributed by atoms with Crippen molar-refractivity contribution in [3.05, 3.63) is 122 Å². The third-order valence-electron chi connectivity index (χ3n) is 14.6. The molecular formula is C74H130N2O7P+. The quantitative estimate of drug-likeness (QED) is 0.0205. The lowest BCUT2D eigenvalue weighted by molar-refractivity contribution is -0.870. The molecule has 0 aliphatic heterocycles. The second-order valence-electron chi connectivity index (χ2n) is 24.0. The normalized spacial score (nSPS) is 14.3. The molecule has 10 heteroatoms. The summed E-state index contributed by atoms with van der Waals surface area (Å²) in [5.41, 5.74) is 0. The summed E-state index contributed by atoms with van der Waals surface area (Å²) in [5.74, 6) is -0.533. The number of amides is 1. The number of phosphoric ester groups is 1. The van der Waals surface area contributed by atoms with E-state index in [1.54, 1.807) is 0 Å². The minimum absolute atomic E-state index is 0.0302. The van der Waals surface area contributed by atoms with Crippen molar-refractivity contribution in [1.82, 2.24) is 5.32 Å². The number of phosphoric acid groups is 1. The molecule has 482 valence electrons. The first-order chi connectivity index (χ1) is 40.9. The zero-order valence-electron chi connectivity index (χ0n) is 55.1. The minimum atomic E-state index is -4.47. The van der Waals surface area contributed by atoms with Gasteiger partial charge in [0.25, 0.3) is 0 Å². The lowest BCUT2D eigenvalue weighted by atomic mass is 10.0. The van der Waals surface area contributed by atoms with Crippen molar-refractivity contribution in [1.29, 1.82) is 0 Å². The van der Waals surface area contributed by atoms with Crippen LogP contribution in [0.15, 0.2) is 122 Å². The molecule has 0 aromatic rings. The summed E-state index contributed by atoms with van der Waals surface area (Å²) >= 11 is 0. The van der Waals surface area contributed by atoms with Crippen molar-refractivity contribution in [2.24, 2.45) is 0 Å². The summed E-state index contributed by atoms with van der Waals surface area (Å²) in [7, 11) is 1.47. The molecule has 0 aromatic carbocycles. The SMILES string of the molecule is CC/C=C\C/C=C\C/C=C\C/C=C\C/C=C\C/C=C\CCCCCCCCCCC(=O)OC(/C=C\CCCCCCCCCCCC)C(COP(=O)(O)OCC[N+](C)(C)C)NC(=O)CCCCCCCC/C=C\C/C=C\C/C=C\CCCCC. The van der Waals surface area contributed by atoms with Gasteiger partial charge in [0.15, 0.2) is 0 Å². The summed E-state index contributed by atoms with van der Waals surface area (Å²) in [6.45, 7) is 6.86. The molecule has 0 aromatic heterocycles. The first-order valence-corrected chi connectivity index (χ1v) is 35.9. The molecule has 0 spiro atoms. The Hall–Kier alpha value is -3.59. The Kier molecular flexibility index (Phi) is 59.8. The van der Waals surface area contributed by atoms with Gasteiger partial charge in [0, 0.05) is 12.8 Å². The average Bonchev–Trinajstić information content (AvgIpc) is 3.65. The maximum absolute atomic E-state index is 13.6. The van der Waals surface area contributed by atoms with Gasteiger partial charge in [-0.25, -0.2) is 4.57 Å². The van der Waals surface area contributed by atoms with Crippen LogP contribution in [0.25, 0.3) is 0 Å². The van der Waals surface area contributed by atoms with Crippen LogP contribution in [-0.2, 0) is 27.9 Å². The van der Waals surface area contributed by atoms with Crippen LogP contribution in [0.4, 0.5) is 0 Å². The van der Waals surface area contributed by atoms with E-state index in [-0.39, 0.29) is 31.5 Å². The molecule has 0 rings (SSSR count). The van der Waals surface area contributed by atoms with Crippen molar-refractivity contribution in [2.45, 2.75) is 296 Å². The van der Waals surface area contributed by atoms with Crippen LogP contribution < -0.4 is 5.32 Å². The molecule has 3 unspecified atom stereocenters. The molecule has 0 fully saturated rings. The number of hydrogen-bond donors (Lipinski definition) is 2. The number of allylic oxidation sites excluding steroid dienone is 19. The fourth-order valence-corrected chi connectivity index (χ4v) is 10.1. The van der Waals surface area contributed by atoms with E-state index in [1.807, 2.05) is 33.3 Å². The van der Waals surface area contributed by atoms with E-state index >= 15 is 0 Å². The Morgan fingerprint density at radius 2 is 0.762 bits per heavy atom. The summed E-state index contributed by atoms with van der Waals surface area (Å²) in [6, 6.07) is -0.868. The van der Waals surface area contributed by atoms with Crippen LogP contribution in [0.2, 0.25) is 0 Å². The number of ether oxygens (including phenoxy) is 1. The van der Waals surface area contributed by atoms with Gasteiger partial charge >= 0.3 is 13.8 Å². The van der Waals surface area contributed by atoms with Gasteiger partial charge in [-0.1, -0.05) is 271 Å². The number of hydrogen-bond acceptors (Lipinski definition) is 6. The first kappa shape index (κ1) is 80.4. The Bertz CT molecular complexity index is 1850. The smallest absolute Gasteiger partial charge is 0.456 e. The molecule has 0 radical (unpaired) electrons. The van der Waals surface area contributed by atoms with Gasteiger partial charge in [-0.2, -0.15) is 0 Å². The fraction of sp³-hybridized carbons (Fsp3) is 0.703. The molecule has 0 heterocycles. The van der Waals surface area contributed by atoms with Crippen LogP contribution in [0.3, 0.4) is 0 Å². The molecule has 9 nitrogen and oxygen atoms in total. The van der Waals surface area contributed by atoms with Crippen LogP contribution in [0, 0.1) is 0 Å². The predicted molar refractivity (Wildman–Crippen MR) is 364 cm³/mol. The summed E-state index contributed by atoms with van der Waals surface area (Å²) in [5, 5.41) is 3.05. The second-order valence-corrected chi connectivity index (χ2v) is 25.4. The third-order valence-corrected chi connectivity index (χ3v) is 15.6. The second kappa shape index (κ2) is 62.5. The van der Waals surface area contributed by atoms with Gasteiger partial charge in [0.2, 0.25) is 5.91 Å². The van der Waals surface area contributed by atoms with Gasteiger partial charge in [-0.15, -0.1) is 0 Å². The highest BCUT2D eigenvalue weighted by Crippen LogP contribution is 2.43. The van der Waals surface area contributed by atoms with E-state index in [4.69, 9.17) is 13.8 Å². The highest BCUT2D eigenvalue weighted by atomic mass is 31.2. The first-order valence-electron chi connectivity index (χ1n) is 34.4. The fourth-order valence-electron chi connectivity index (χ4n) is 9.36. The Balaban J connectivity index is 5.15. The van der Waals surface area contributed by atoms with Crippen molar-refractivity contribution in [3.8, 4) is 0 Å². The monoisotopic (exact) mass is 1190 g/mol. The molecule has 0 bridgehead atoms. The van der Waals surface area contributed by atoms with E-state index in [0.29, 0.717) is 17.4 Å². The van der Waals surface area contributed by atoms with E-state index < -0.39 is 20.0 Å². The molecule has 0 aliphatic carbocycles. The third kappa shape index (κ3) is 62.9. The van der Waals surface area contributed by atoms with Gasteiger partial charge in [0.05, 0.1) is 33.8 Å². The molecule has 2 N–H and O–H groups in total. The number of nitrogens with zero attached hydrogens (tertiary/aromatic N) is 1. The van der Waals surface area contributed by atoms with Crippen LogP contribution in [0.1, 0.15) is 284 Å². The molecular weight excluding hydrogens is 1060 g/mol. The van der Waals surface area contributed by atoms with Crippen molar-refractivity contribution < 1.29 is 37.3 Å². The summed E-state index contributed by atoms with van der Waals surface area (Å²) in [4.78, 5) is 37.9. The Morgan fingerprint density at radius 1 is 0.429 bits per heavy atom. The van der Waals surface area contributed by atoms with Crippen LogP contribution >= 0.6 is 7.82 Å². The Labute approximate surface area is 518 Å². The van der Waals surface area contributed by atoms with E-state index in [9.17, 15) is 19.0 Å². The number of likely N-dealkylation sites (N-methyl/N-ethyl adjacent to an activating group) is 1. The minimum Gasteiger partial charge on any atom is -0.456 e. The highest BCUT2D eigenvalue weighted by molar-refractivity contribution is 7.47. The zero-order chi connectivity index (χ0) is 61.4. The van der Waals surface area contributed by atoms with E-state index in [0.717, 1.165) is 148 Å². The number of rotatable bonds is 61. The maximum atomic E-state index is 13.6. The lowest BCUT2D eigenvalue weighted by Gasteiger charge is -2.27. The van der Waals surface area contributed by atoms with Gasteiger partial charge in [-0.3, -0.25) is 18.6 Å². The van der Waals surface area contributed by atoms with Crippen molar-refractivity contribution in [3.63, 3.8) is 0 Å². The molecule has 0 aliphatic rings. The van der Waals surface area contributed by atoms with Crippen LogP contribution in [0.5, 0.6) is 0 Å². The zero-order valence-corrected chi connectivity index (χ0v) is 56.0. The molecule has 0 saturated heterocycles. The highest BCUT2D eigenvalue weighted by Gasteiger charge is 2.30. The van der Waals surface area contributed by atoms with Gasteiger partial charge in [0.1, 0.15) is 19.3 Å².